The molecular weight excluding hydrogens is 841 g/mol. The first-order valence-electron chi connectivity index (χ1n) is 28.9. The molecule has 0 amide bonds. The van der Waals surface area contributed by atoms with Gasteiger partial charge in [0, 0.05) is 19.3 Å². The quantitative estimate of drug-likeness (QED) is 0.0262. The van der Waals surface area contributed by atoms with E-state index < -0.39 is 6.10 Å². The number of carbonyl (C=O) groups excluding carboxylic acids is 3. The fourth-order valence-corrected chi connectivity index (χ4v) is 8.12. The van der Waals surface area contributed by atoms with Gasteiger partial charge in [-0.2, -0.15) is 0 Å². The van der Waals surface area contributed by atoms with Crippen molar-refractivity contribution >= 4 is 17.9 Å². The van der Waals surface area contributed by atoms with Gasteiger partial charge in [-0.25, -0.2) is 0 Å². The molecule has 1 atom stereocenters. The van der Waals surface area contributed by atoms with Gasteiger partial charge in [0.1, 0.15) is 13.2 Å². The maximum absolute atomic E-state index is 12.8. The maximum Gasteiger partial charge on any atom is 0.306 e. The number of rotatable bonds is 52. The third-order valence-corrected chi connectivity index (χ3v) is 12.4. The van der Waals surface area contributed by atoms with E-state index in [0.29, 0.717) is 19.3 Å². The number of unbranched alkanes of at least 4 members (excludes halogenated alkanes) is 29. The number of hydrogen-bond acceptors (Lipinski definition) is 6. The second kappa shape index (κ2) is 56.4. The topological polar surface area (TPSA) is 78.9 Å². The summed E-state index contributed by atoms with van der Waals surface area (Å²) < 4.78 is 16.8. The SMILES string of the molecule is CC/C=C\C/C=C\C/C=C\C/C=C\C/C=C\CCCC(=O)OC(COC(=O)CCCCCCCCCCC/C=C\CCCCCCCC)COC(=O)CCCCCCCCCCCCCCCC. The molecule has 0 bridgehead atoms. The van der Waals surface area contributed by atoms with Gasteiger partial charge in [-0.3, -0.25) is 14.4 Å². The van der Waals surface area contributed by atoms with Crippen LogP contribution < -0.4 is 0 Å². The van der Waals surface area contributed by atoms with Gasteiger partial charge in [0.05, 0.1) is 0 Å². The predicted molar refractivity (Wildman–Crippen MR) is 293 cm³/mol. The molecule has 0 N–H and O–H groups in total. The Balaban J connectivity index is 4.43. The van der Waals surface area contributed by atoms with Gasteiger partial charge in [0.2, 0.25) is 0 Å². The molecule has 392 valence electrons. The van der Waals surface area contributed by atoms with Crippen LogP contribution in [0, 0.1) is 0 Å². The molecule has 0 aromatic carbocycles. The summed E-state index contributed by atoms with van der Waals surface area (Å²) in [7, 11) is 0. The molecule has 1 unspecified atom stereocenters. The zero-order chi connectivity index (χ0) is 49.3. The lowest BCUT2D eigenvalue weighted by molar-refractivity contribution is -0.167. The molecule has 0 radical (unpaired) electrons. The monoisotopic (exact) mass is 949 g/mol. The van der Waals surface area contributed by atoms with Crippen molar-refractivity contribution in [2.24, 2.45) is 0 Å². The highest BCUT2D eigenvalue weighted by molar-refractivity contribution is 5.71. The molecule has 0 aliphatic heterocycles. The van der Waals surface area contributed by atoms with Crippen molar-refractivity contribution in [2.45, 2.75) is 290 Å². The molecular formula is C62H108O6. The summed E-state index contributed by atoms with van der Waals surface area (Å²) in [5, 5.41) is 0. The lowest BCUT2D eigenvalue weighted by Crippen LogP contribution is -2.30. The maximum atomic E-state index is 12.8. The van der Waals surface area contributed by atoms with Gasteiger partial charge >= 0.3 is 17.9 Å². The fraction of sp³-hybridized carbons (Fsp3) is 0.758. The molecule has 0 spiro atoms. The van der Waals surface area contributed by atoms with E-state index >= 15 is 0 Å². The van der Waals surface area contributed by atoms with Gasteiger partial charge in [0.25, 0.3) is 0 Å². The summed E-state index contributed by atoms with van der Waals surface area (Å²) in [6.07, 6.45) is 71.8. The van der Waals surface area contributed by atoms with Crippen LogP contribution in [0.1, 0.15) is 284 Å². The molecule has 0 aliphatic rings. The van der Waals surface area contributed by atoms with E-state index in [2.05, 4.69) is 93.7 Å². The van der Waals surface area contributed by atoms with Crippen LogP contribution in [0.5, 0.6) is 0 Å². The smallest absolute Gasteiger partial charge is 0.306 e. The molecule has 0 fully saturated rings. The van der Waals surface area contributed by atoms with Crippen LogP contribution in [0.15, 0.2) is 72.9 Å². The van der Waals surface area contributed by atoms with E-state index in [1.165, 1.54) is 161 Å². The van der Waals surface area contributed by atoms with E-state index in [1.54, 1.807) is 0 Å². The standard InChI is InChI=1S/C62H108O6/c1-4-7-10-13-16-19-22-25-28-30-31-33-34-37-40-43-46-49-52-55-61(64)67-58-59(57-66-60(63)54-51-48-45-42-39-36-27-24-21-18-15-12-9-6-3)68-62(65)56-53-50-47-44-41-38-35-32-29-26-23-20-17-14-11-8-5-2/h8,11,17,20,25-26,28-29,35,38,44,47,59H,4-7,9-10,12-16,18-19,21-24,27,30-34,36-37,39-43,45-46,48-58H2,1-3H3/b11-8-,20-17-,28-25-,29-26-,38-35-,47-44-. The Labute approximate surface area is 421 Å². The molecule has 0 saturated carbocycles. The van der Waals surface area contributed by atoms with Crippen molar-refractivity contribution in [1.82, 2.24) is 0 Å². The summed E-state index contributed by atoms with van der Waals surface area (Å²) in [5.41, 5.74) is 0. The molecule has 6 nitrogen and oxygen atoms in total. The van der Waals surface area contributed by atoms with Crippen LogP contribution in [0.2, 0.25) is 0 Å². The first-order chi connectivity index (χ1) is 33.5. The van der Waals surface area contributed by atoms with Crippen molar-refractivity contribution in [1.29, 1.82) is 0 Å². The van der Waals surface area contributed by atoms with Crippen molar-refractivity contribution in [2.75, 3.05) is 13.2 Å². The van der Waals surface area contributed by atoms with Gasteiger partial charge in [0.15, 0.2) is 6.10 Å². The Morgan fingerprint density at radius 2 is 0.588 bits per heavy atom. The number of esters is 3. The summed E-state index contributed by atoms with van der Waals surface area (Å²) in [5.74, 6) is -0.947. The van der Waals surface area contributed by atoms with E-state index in [9.17, 15) is 14.4 Å². The first kappa shape index (κ1) is 64.8. The number of ether oxygens (including phenoxy) is 3. The van der Waals surface area contributed by atoms with Gasteiger partial charge in [-0.05, 0) is 83.5 Å². The van der Waals surface area contributed by atoms with Crippen LogP contribution >= 0.6 is 0 Å². The predicted octanol–water partition coefficient (Wildman–Crippen LogP) is 19.4. The van der Waals surface area contributed by atoms with Crippen LogP contribution in [-0.2, 0) is 28.6 Å². The second-order valence-corrected chi connectivity index (χ2v) is 19.2. The Kier molecular flexibility index (Phi) is 53.8. The average molecular weight is 950 g/mol. The highest BCUT2D eigenvalue weighted by Crippen LogP contribution is 2.16. The summed E-state index contributed by atoms with van der Waals surface area (Å²) in [6, 6.07) is 0. The minimum Gasteiger partial charge on any atom is -0.462 e. The third-order valence-electron chi connectivity index (χ3n) is 12.4. The minimum absolute atomic E-state index is 0.0960. The van der Waals surface area contributed by atoms with Crippen LogP contribution in [0.25, 0.3) is 0 Å². The number of carbonyl (C=O) groups is 3. The minimum atomic E-state index is -0.804. The zero-order valence-electron chi connectivity index (χ0n) is 44.9. The van der Waals surface area contributed by atoms with Crippen molar-refractivity contribution in [3.63, 3.8) is 0 Å². The first-order valence-corrected chi connectivity index (χ1v) is 28.9. The Morgan fingerprint density at radius 3 is 0.956 bits per heavy atom. The number of hydrogen-bond donors (Lipinski definition) is 0. The van der Waals surface area contributed by atoms with E-state index in [-0.39, 0.29) is 37.5 Å². The lowest BCUT2D eigenvalue weighted by Gasteiger charge is -2.18. The van der Waals surface area contributed by atoms with Crippen molar-refractivity contribution < 1.29 is 28.6 Å². The highest BCUT2D eigenvalue weighted by atomic mass is 16.6. The second-order valence-electron chi connectivity index (χ2n) is 19.2. The van der Waals surface area contributed by atoms with Crippen LogP contribution in [0.3, 0.4) is 0 Å². The molecule has 68 heavy (non-hydrogen) atoms. The Hall–Kier alpha value is -3.15. The largest absolute Gasteiger partial charge is 0.462 e. The van der Waals surface area contributed by atoms with E-state index in [1.807, 2.05) is 0 Å². The number of allylic oxidation sites excluding steroid dienone is 12. The molecule has 0 heterocycles. The van der Waals surface area contributed by atoms with Gasteiger partial charge in [-0.15, -0.1) is 0 Å². The van der Waals surface area contributed by atoms with E-state index in [4.69, 9.17) is 14.2 Å². The summed E-state index contributed by atoms with van der Waals surface area (Å²) >= 11 is 0. The Morgan fingerprint density at radius 1 is 0.309 bits per heavy atom. The normalized spacial score (nSPS) is 12.6. The van der Waals surface area contributed by atoms with Crippen molar-refractivity contribution in [3.05, 3.63) is 72.9 Å². The Bertz CT molecular complexity index is 1270. The van der Waals surface area contributed by atoms with Gasteiger partial charge in [-0.1, -0.05) is 254 Å². The molecule has 6 heteroatoms. The molecule has 0 aromatic rings. The molecule has 0 aromatic heterocycles. The summed E-state index contributed by atoms with van der Waals surface area (Å²) in [6.45, 7) is 6.50. The van der Waals surface area contributed by atoms with E-state index in [0.717, 1.165) is 77.0 Å². The lowest BCUT2D eigenvalue weighted by atomic mass is 10.0. The molecule has 0 aliphatic carbocycles. The van der Waals surface area contributed by atoms with Gasteiger partial charge < -0.3 is 14.2 Å². The van der Waals surface area contributed by atoms with Crippen LogP contribution in [0.4, 0.5) is 0 Å². The van der Waals surface area contributed by atoms with Crippen LogP contribution in [-0.4, -0.2) is 37.2 Å². The summed E-state index contributed by atoms with van der Waals surface area (Å²) in [4.78, 5) is 38.1. The molecule has 0 saturated heterocycles. The zero-order valence-corrected chi connectivity index (χ0v) is 44.9. The third kappa shape index (κ3) is 53.8. The molecule has 0 rings (SSSR count). The highest BCUT2D eigenvalue weighted by Gasteiger charge is 2.19. The average Bonchev–Trinajstić information content (AvgIpc) is 3.34. The fourth-order valence-electron chi connectivity index (χ4n) is 8.12. The van der Waals surface area contributed by atoms with Crippen molar-refractivity contribution in [3.8, 4) is 0 Å².